The van der Waals surface area contributed by atoms with Crippen LogP contribution in [0.15, 0.2) is 0 Å². The smallest absolute Gasteiger partial charge is 0.220 e. The summed E-state index contributed by atoms with van der Waals surface area (Å²) in [7, 11) is 0. The Hall–Kier alpha value is -0.280. The number of alkyl halides is 1. The van der Waals surface area contributed by atoms with Gasteiger partial charge in [0.05, 0.1) is 5.60 Å². The lowest BCUT2D eigenvalue weighted by Gasteiger charge is -2.35. The molecule has 1 unspecified atom stereocenters. The van der Waals surface area contributed by atoms with E-state index in [4.69, 9.17) is 16.3 Å². The summed E-state index contributed by atoms with van der Waals surface area (Å²) in [6.45, 7) is 4.87. The lowest BCUT2D eigenvalue weighted by atomic mass is 9.94. The first kappa shape index (κ1) is 13.8. The van der Waals surface area contributed by atoms with E-state index in [1.807, 2.05) is 0 Å². The van der Waals surface area contributed by atoms with Gasteiger partial charge in [0.25, 0.3) is 0 Å². The summed E-state index contributed by atoms with van der Waals surface area (Å²) in [6, 6.07) is 0.271. The van der Waals surface area contributed by atoms with Crippen molar-refractivity contribution in [2.45, 2.75) is 57.6 Å². The molecule has 1 aliphatic rings. The van der Waals surface area contributed by atoms with Gasteiger partial charge in [0, 0.05) is 24.9 Å². The zero-order valence-electron chi connectivity index (χ0n) is 10.2. The Morgan fingerprint density at radius 1 is 1.50 bits per heavy atom. The van der Waals surface area contributed by atoms with Crippen LogP contribution in [0.25, 0.3) is 0 Å². The molecule has 0 aromatic heterocycles. The van der Waals surface area contributed by atoms with Crippen LogP contribution in [0.4, 0.5) is 0 Å². The van der Waals surface area contributed by atoms with E-state index < -0.39 is 0 Å². The minimum atomic E-state index is -0.105. The van der Waals surface area contributed by atoms with Crippen molar-refractivity contribution >= 4 is 17.5 Å². The predicted octanol–water partition coefficient (Wildman–Crippen LogP) is 2.47. The Kier molecular flexibility index (Phi) is 5.56. The van der Waals surface area contributed by atoms with Crippen LogP contribution in [0.2, 0.25) is 0 Å². The quantitative estimate of drug-likeness (QED) is 0.599. The Bertz CT molecular complexity index is 231. The van der Waals surface area contributed by atoms with Crippen molar-refractivity contribution in [3.63, 3.8) is 0 Å². The Balaban J connectivity index is 2.23. The Morgan fingerprint density at radius 3 is 2.88 bits per heavy atom. The van der Waals surface area contributed by atoms with Crippen molar-refractivity contribution in [1.82, 2.24) is 5.32 Å². The summed E-state index contributed by atoms with van der Waals surface area (Å²) in [5, 5.41) is 3.07. The van der Waals surface area contributed by atoms with Gasteiger partial charge in [-0.1, -0.05) is 0 Å². The third-order valence-electron chi connectivity index (χ3n) is 2.85. The number of unbranched alkanes of at least 4 members (excludes halogenated alkanes) is 1. The maximum Gasteiger partial charge on any atom is 0.220 e. The normalized spacial score (nSPS) is 24.1. The topological polar surface area (TPSA) is 38.3 Å². The molecule has 1 fully saturated rings. The van der Waals surface area contributed by atoms with Crippen LogP contribution in [0.1, 0.15) is 46.0 Å². The van der Waals surface area contributed by atoms with Gasteiger partial charge in [-0.2, -0.15) is 0 Å². The van der Waals surface area contributed by atoms with Crippen LogP contribution in [-0.4, -0.2) is 30.0 Å². The SMILES string of the molecule is CC1(C)CC(NC(=O)CCCCCl)CCO1. The highest BCUT2D eigenvalue weighted by Gasteiger charge is 2.29. The summed E-state index contributed by atoms with van der Waals surface area (Å²) in [5.41, 5.74) is -0.105. The summed E-state index contributed by atoms with van der Waals surface area (Å²) in [4.78, 5) is 11.6. The largest absolute Gasteiger partial charge is 0.375 e. The van der Waals surface area contributed by atoms with Gasteiger partial charge >= 0.3 is 0 Å². The highest BCUT2D eigenvalue weighted by atomic mass is 35.5. The number of hydrogen-bond donors (Lipinski definition) is 1. The minimum absolute atomic E-state index is 0.105. The molecule has 1 rings (SSSR count). The number of nitrogens with one attached hydrogen (secondary N) is 1. The third kappa shape index (κ3) is 5.17. The third-order valence-corrected chi connectivity index (χ3v) is 3.12. The first-order valence-corrected chi connectivity index (χ1v) is 6.56. The van der Waals surface area contributed by atoms with Crippen LogP contribution >= 0.6 is 11.6 Å². The van der Waals surface area contributed by atoms with Crippen molar-refractivity contribution in [2.24, 2.45) is 0 Å². The molecule has 1 aliphatic heterocycles. The van der Waals surface area contributed by atoms with Crippen LogP contribution in [0.5, 0.6) is 0 Å². The van der Waals surface area contributed by atoms with E-state index in [9.17, 15) is 4.79 Å². The number of halogens is 1. The van der Waals surface area contributed by atoms with Gasteiger partial charge in [-0.25, -0.2) is 0 Å². The minimum Gasteiger partial charge on any atom is -0.375 e. The summed E-state index contributed by atoms with van der Waals surface area (Å²) in [5.74, 6) is 0.783. The molecule has 0 bridgehead atoms. The first-order valence-electron chi connectivity index (χ1n) is 6.03. The van der Waals surface area contributed by atoms with E-state index in [0.29, 0.717) is 12.3 Å². The molecule has 0 radical (unpaired) electrons. The molecule has 94 valence electrons. The second-order valence-corrected chi connectivity index (χ2v) is 5.39. The van der Waals surface area contributed by atoms with E-state index >= 15 is 0 Å². The molecule has 0 aliphatic carbocycles. The van der Waals surface area contributed by atoms with Crippen LogP contribution < -0.4 is 5.32 Å². The number of amides is 1. The fourth-order valence-corrected chi connectivity index (χ4v) is 2.22. The van der Waals surface area contributed by atoms with Crippen molar-refractivity contribution in [2.75, 3.05) is 12.5 Å². The second kappa shape index (κ2) is 6.45. The van der Waals surface area contributed by atoms with Crippen molar-refractivity contribution in [1.29, 1.82) is 0 Å². The van der Waals surface area contributed by atoms with Gasteiger partial charge in [0.2, 0.25) is 5.91 Å². The molecule has 0 aromatic carbocycles. The highest BCUT2D eigenvalue weighted by Crippen LogP contribution is 2.23. The molecule has 1 N–H and O–H groups in total. The highest BCUT2D eigenvalue weighted by molar-refractivity contribution is 6.17. The predicted molar refractivity (Wildman–Crippen MR) is 65.8 cm³/mol. The van der Waals surface area contributed by atoms with E-state index in [1.54, 1.807) is 0 Å². The molecule has 0 aromatic rings. The van der Waals surface area contributed by atoms with Gasteiger partial charge in [-0.3, -0.25) is 4.79 Å². The molecule has 0 saturated carbocycles. The van der Waals surface area contributed by atoms with Crippen molar-refractivity contribution in [3.8, 4) is 0 Å². The zero-order valence-corrected chi connectivity index (χ0v) is 11.0. The van der Waals surface area contributed by atoms with Crippen LogP contribution in [0, 0.1) is 0 Å². The number of hydrogen-bond acceptors (Lipinski definition) is 2. The van der Waals surface area contributed by atoms with Gasteiger partial charge in [0.1, 0.15) is 0 Å². The fraction of sp³-hybridized carbons (Fsp3) is 0.917. The summed E-state index contributed by atoms with van der Waals surface area (Å²) >= 11 is 5.57. The average molecular weight is 248 g/mol. The molecule has 1 heterocycles. The van der Waals surface area contributed by atoms with E-state index in [0.717, 1.165) is 32.3 Å². The average Bonchev–Trinajstić information content (AvgIpc) is 2.16. The fourth-order valence-electron chi connectivity index (χ4n) is 2.03. The lowest BCUT2D eigenvalue weighted by Crippen LogP contribution is -2.45. The molecule has 1 saturated heterocycles. The molecule has 1 amide bonds. The van der Waals surface area contributed by atoms with Crippen LogP contribution in [0.3, 0.4) is 0 Å². The number of carbonyl (C=O) groups is 1. The monoisotopic (exact) mass is 247 g/mol. The first-order chi connectivity index (χ1) is 7.53. The van der Waals surface area contributed by atoms with Crippen molar-refractivity contribution in [3.05, 3.63) is 0 Å². The molecular weight excluding hydrogens is 226 g/mol. The molecular formula is C12H22ClNO2. The molecule has 0 spiro atoms. The van der Waals surface area contributed by atoms with Crippen LogP contribution in [-0.2, 0) is 9.53 Å². The standard InChI is InChI=1S/C12H22ClNO2/c1-12(2)9-10(6-8-16-12)14-11(15)5-3-4-7-13/h10H,3-9H2,1-2H3,(H,14,15). The summed E-state index contributed by atoms with van der Waals surface area (Å²) in [6.07, 6.45) is 4.19. The van der Waals surface area contributed by atoms with E-state index in [-0.39, 0.29) is 17.6 Å². The number of rotatable bonds is 5. The van der Waals surface area contributed by atoms with Gasteiger partial charge in [0.15, 0.2) is 0 Å². The molecule has 1 atom stereocenters. The second-order valence-electron chi connectivity index (χ2n) is 5.01. The lowest BCUT2D eigenvalue weighted by molar-refractivity contribution is -0.124. The Labute approximate surface area is 103 Å². The maximum atomic E-state index is 11.6. The van der Waals surface area contributed by atoms with Gasteiger partial charge < -0.3 is 10.1 Å². The van der Waals surface area contributed by atoms with Gasteiger partial charge in [-0.15, -0.1) is 11.6 Å². The maximum absolute atomic E-state index is 11.6. The van der Waals surface area contributed by atoms with E-state index in [2.05, 4.69) is 19.2 Å². The Morgan fingerprint density at radius 2 is 2.25 bits per heavy atom. The number of ether oxygens (including phenoxy) is 1. The van der Waals surface area contributed by atoms with E-state index in [1.165, 1.54) is 0 Å². The molecule has 4 heteroatoms. The summed E-state index contributed by atoms with van der Waals surface area (Å²) < 4.78 is 5.61. The van der Waals surface area contributed by atoms with Gasteiger partial charge in [-0.05, 0) is 39.5 Å². The molecule has 3 nitrogen and oxygen atoms in total. The van der Waals surface area contributed by atoms with Crippen molar-refractivity contribution < 1.29 is 9.53 Å². The molecule has 16 heavy (non-hydrogen) atoms. The zero-order chi connectivity index (χ0) is 12.0. The number of carbonyl (C=O) groups excluding carboxylic acids is 1.